The van der Waals surface area contributed by atoms with E-state index in [9.17, 15) is 0 Å². The van der Waals surface area contributed by atoms with Crippen LogP contribution in [0.1, 0.15) is 18.5 Å². The Morgan fingerprint density at radius 3 is 2.93 bits per heavy atom. The van der Waals surface area contributed by atoms with E-state index in [4.69, 9.17) is 0 Å². The van der Waals surface area contributed by atoms with E-state index in [1.165, 1.54) is 18.5 Å². The summed E-state index contributed by atoms with van der Waals surface area (Å²) in [5.41, 5.74) is 1.29. The second-order valence-corrected chi connectivity index (χ2v) is 4.70. The molecule has 0 N–H and O–H groups in total. The molecule has 1 heterocycles. The summed E-state index contributed by atoms with van der Waals surface area (Å²) in [6, 6.07) is 2.09. The van der Waals surface area contributed by atoms with Gasteiger partial charge in [0.05, 0.1) is 0 Å². The topological polar surface area (TPSA) is 17.8 Å². The van der Waals surface area contributed by atoms with Crippen molar-refractivity contribution >= 4 is 0 Å². The summed E-state index contributed by atoms with van der Waals surface area (Å²) in [6.45, 7) is 3.25. The lowest BCUT2D eigenvalue weighted by atomic mass is 9.94. The summed E-state index contributed by atoms with van der Waals surface area (Å²) in [5, 5.41) is 4.36. The van der Waals surface area contributed by atoms with E-state index >= 15 is 0 Å². The second kappa shape index (κ2) is 2.97. The molecular weight excluding hydrogens is 172 g/mol. The molecule has 0 saturated heterocycles. The minimum atomic E-state index is 0.837. The molecule has 0 spiro atoms. The van der Waals surface area contributed by atoms with E-state index < -0.39 is 0 Å². The van der Waals surface area contributed by atoms with Crippen molar-refractivity contribution in [1.82, 2.24) is 9.78 Å². The summed E-state index contributed by atoms with van der Waals surface area (Å²) in [4.78, 5) is 0. The lowest BCUT2D eigenvalue weighted by Crippen LogP contribution is -2.16. The number of aryl methyl sites for hydroxylation is 1. The van der Waals surface area contributed by atoms with Crippen LogP contribution in [0.2, 0.25) is 0 Å². The Labute approximate surface area is 84.6 Å². The fourth-order valence-corrected chi connectivity index (χ4v) is 2.92. The second-order valence-electron chi connectivity index (χ2n) is 4.70. The maximum absolute atomic E-state index is 4.36. The lowest BCUT2D eigenvalue weighted by molar-refractivity contribution is 0.361. The average molecular weight is 188 g/mol. The minimum Gasteiger partial charge on any atom is -0.270 e. The SMILES string of the molecule is Cc1ccnn1C[C@@H]1C[C@H]2C=C[C@H]1C2. The smallest absolute Gasteiger partial charge is 0.0492 e. The van der Waals surface area contributed by atoms with Gasteiger partial charge in [0.25, 0.3) is 0 Å². The van der Waals surface area contributed by atoms with Crippen molar-refractivity contribution in [3.8, 4) is 0 Å². The molecule has 2 bridgehead atoms. The normalized spacial score (nSPS) is 34.2. The molecule has 0 amide bonds. The molecule has 74 valence electrons. The molecular formula is C12H16N2. The van der Waals surface area contributed by atoms with Crippen molar-refractivity contribution in [1.29, 1.82) is 0 Å². The van der Waals surface area contributed by atoms with Gasteiger partial charge in [-0.3, -0.25) is 4.68 Å². The quantitative estimate of drug-likeness (QED) is 0.652. The van der Waals surface area contributed by atoms with E-state index in [1.807, 2.05) is 6.20 Å². The van der Waals surface area contributed by atoms with Crippen LogP contribution in [0.15, 0.2) is 24.4 Å². The molecule has 2 aliphatic rings. The number of aromatic nitrogens is 2. The zero-order valence-corrected chi connectivity index (χ0v) is 8.56. The van der Waals surface area contributed by atoms with Gasteiger partial charge in [-0.25, -0.2) is 0 Å². The molecule has 3 rings (SSSR count). The standard InChI is InChI=1S/C12H16N2/c1-9-4-5-13-14(9)8-12-7-10-2-3-11(12)6-10/h2-5,10-12H,6-8H2,1H3/t10-,11-,12-/m0/s1. The Morgan fingerprint density at radius 2 is 2.36 bits per heavy atom. The highest BCUT2D eigenvalue weighted by atomic mass is 15.3. The van der Waals surface area contributed by atoms with Crippen LogP contribution < -0.4 is 0 Å². The van der Waals surface area contributed by atoms with E-state index in [-0.39, 0.29) is 0 Å². The Kier molecular flexibility index (Phi) is 1.76. The maximum atomic E-state index is 4.36. The van der Waals surface area contributed by atoms with Crippen molar-refractivity contribution in [2.24, 2.45) is 17.8 Å². The molecule has 2 nitrogen and oxygen atoms in total. The molecule has 14 heavy (non-hydrogen) atoms. The van der Waals surface area contributed by atoms with E-state index in [2.05, 4.69) is 34.9 Å². The zero-order chi connectivity index (χ0) is 9.54. The van der Waals surface area contributed by atoms with Crippen molar-refractivity contribution in [3.05, 3.63) is 30.1 Å². The molecule has 1 aromatic rings. The van der Waals surface area contributed by atoms with Crippen LogP contribution in [-0.2, 0) is 6.54 Å². The number of fused-ring (bicyclic) bond motifs is 2. The molecule has 0 aliphatic heterocycles. The lowest BCUT2D eigenvalue weighted by Gasteiger charge is -2.18. The van der Waals surface area contributed by atoms with Crippen LogP contribution in [-0.4, -0.2) is 9.78 Å². The zero-order valence-electron chi connectivity index (χ0n) is 8.56. The molecule has 3 atom stereocenters. The summed E-state index contributed by atoms with van der Waals surface area (Å²) >= 11 is 0. The Morgan fingerprint density at radius 1 is 1.43 bits per heavy atom. The summed E-state index contributed by atoms with van der Waals surface area (Å²) < 4.78 is 2.15. The Hall–Kier alpha value is -1.05. The highest BCUT2D eigenvalue weighted by Crippen LogP contribution is 2.43. The van der Waals surface area contributed by atoms with Crippen molar-refractivity contribution in [2.45, 2.75) is 26.3 Å². The van der Waals surface area contributed by atoms with Gasteiger partial charge in [0, 0.05) is 18.4 Å². The summed E-state index contributed by atoms with van der Waals surface area (Å²) in [5.74, 6) is 2.55. The highest BCUT2D eigenvalue weighted by Gasteiger charge is 2.35. The largest absolute Gasteiger partial charge is 0.270 e. The number of allylic oxidation sites excluding steroid dienone is 2. The van der Waals surface area contributed by atoms with Crippen LogP contribution >= 0.6 is 0 Å². The average Bonchev–Trinajstić information content (AvgIpc) is 2.83. The highest BCUT2D eigenvalue weighted by molar-refractivity contribution is 5.10. The summed E-state index contributed by atoms with van der Waals surface area (Å²) in [7, 11) is 0. The number of hydrogen-bond donors (Lipinski definition) is 0. The molecule has 0 aromatic carbocycles. The predicted molar refractivity (Wildman–Crippen MR) is 55.8 cm³/mol. The molecule has 2 aliphatic carbocycles. The van der Waals surface area contributed by atoms with Gasteiger partial charge in [0.1, 0.15) is 0 Å². The molecule has 1 aromatic heterocycles. The first-order valence-corrected chi connectivity index (χ1v) is 5.49. The van der Waals surface area contributed by atoms with Crippen molar-refractivity contribution < 1.29 is 0 Å². The van der Waals surface area contributed by atoms with Crippen LogP contribution in [0.3, 0.4) is 0 Å². The molecule has 0 unspecified atom stereocenters. The monoisotopic (exact) mass is 188 g/mol. The summed E-state index contributed by atoms with van der Waals surface area (Å²) in [6.07, 6.45) is 9.48. The van der Waals surface area contributed by atoms with Gasteiger partial charge in [-0.15, -0.1) is 0 Å². The van der Waals surface area contributed by atoms with Gasteiger partial charge in [-0.05, 0) is 43.6 Å². The van der Waals surface area contributed by atoms with Gasteiger partial charge in [-0.2, -0.15) is 5.10 Å². The molecule has 0 radical (unpaired) electrons. The fourth-order valence-electron chi connectivity index (χ4n) is 2.92. The van der Waals surface area contributed by atoms with Gasteiger partial charge >= 0.3 is 0 Å². The predicted octanol–water partition coefficient (Wildman–Crippen LogP) is 2.40. The first kappa shape index (κ1) is 8.27. The molecule has 1 saturated carbocycles. The molecule has 2 heteroatoms. The van der Waals surface area contributed by atoms with Crippen LogP contribution in [0.5, 0.6) is 0 Å². The van der Waals surface area contributed by atoms with E-state index in [0.29, 0.717) is 0 Å². The fraction of sp³-hybridized carbons (Fsp3) is 0.583. The van der Waals surface area contributed by atoms with E-state index in [1.54, 1.807) is 0 Å². The minimum absolute atomic E-state index is 0.837. The number of hydrogen-bond acceptors (Lipinski definition) is 1. The van der Waals surface area contributed by atoms with Crippen LogP contribution in [0.25, 0.3) is 0 Å². The molecule has 1 fully saturated rings. The number of nitrogens with zero attached hydrogens (tertiary/aromatic N) is 2. The Balaban J connectivity index is 1.75. The van der Waals surface area contributed by atoms with Gasteiger partial charge in [0.15, 0.2) is 0 Å². The van der Waals surface area contributed by atoms with Gasteiger partial charge in [0.2, 0.25) is 0 Å². The van der Waals surface area contributed by atoms with Crippen molar-refractivity contribution in [3.63, 3.8) is 0 Å². The van der Waals surface area contributed by atoms with Crippen LogP contribution in [0.4, 0.5) is 0 Å². The van der Waals surface area contributed by atoms with Gasteiger partial charge < -0.3 is 0 Å². The van der Waals surface area contributed by atoms with Crippen LogP contribution in [0, 0.1) is 24.7 Å². The Bertz CT molecular complexity index is 364. The third-order valence-electron chi connectivity index (χ3n) is 3.75. The first-order chi connectivity index (χ1) is 6.83. The van der Waals surface area contributed by atoms with Gasteiger partial charge in [-0.1, -0.05) is 12.2 Å². The number of rotatable bonds is 2. The third kappa shape index (κ3) is 1.21. The van der Waals surface area contributed by atoms with E-state index in [0.717, 1.165) is 24.3 Å². The third-order valence-corrected chi connectivity index (χ3v) is 3.75. The maximum Gasteiger partial charge on any atom is 0.0492 e. The first-order valence-electron chi connectivity index (χ1n) is 5.49. The van der Waals surface area contributed by atoms with Crippen molar-refractivity contribution in [2.75, 3.05) is 0 Å².